The maximum Gasteiger partial charge on any atom is 0.405 e. The molecular weight excluding hydrogens is 285 g/mol. The van der Waals surface area contributed by atoms with Gasteiger partial charge in [-0.1, -0.05) is 11.6 Å². The van der Waals surface area contributed by atoms with Crippen molar-refractivity contribution in [1.29, 1.82) is 0 Å². The summed E-state index contributed by atoms with van der Waals surface area (Å²) in [5, 5.41) is 2.26. The Hall–Kier alpha value is -1.76. The second-order valence-electron chi connectivity index (χ2n) is 4.10. The van der Waals surface area contributed by atoms with Crippen LogP contribution < -0.4 is 10.2 Å². The Labute approximate surface area is 111 Å². The molecule has 4 nitrogen and oxygen atoms in total. The minimum atomic E-state index is -4.38. The zero-order valence-electron chi connectivity index (χ0n) is 9.64. The fourth-order valence-corrected chi connectivity index (χ4v) is 2.11. The highest BCUT2D eigenvalue weighted by Gasteiger charge is 2.32. The number of benzene rings is 1. The largest absolute Gasteiger partial charge is 0.405 e. The monoisotopic (exact) mass is 292 g/mol. The molecule has 1 N–H and O–H groups in total. The van der Waals surface area contributed by atoms with Gasteiger partial charge < -0.3 is 10.2 Å². The van der Waals surface area contributed by atoms with E-state index in [-0.39, 0.29) is 22.0 Å². The van der Waals surface area contributed by atoms with Crippen LogP contribution in [0.2, 0.25) is 5.02 Å². The fourth-order valence-electron chi connectivity index (χ4n) is 1.80. The first-order valence-corrected chi connectivity index (χ1v) is 5.54. The summed E-state index contributed by atoms with van der Waals surface area (Å²) in [6, 6.07) is 2.45. The van der Waals surface area contributed by atoms with Gasteiger partial charge in [0.15, 0.2) is 0 Å². The Morgan fingerprint density at radius 3 is 2.53 bits per heavy atom. The Kier molecular flexibility index (Phi) is 3.17. The highest BCUT2D eigenvalue weighted by atomic mass is 35.5. The van der Waals surface area contributed by atoms with Gasteiger partial charge in [0.1, 0.15) is 6.54 Å². The molecule has 0 unspecified atom stereocenters. The summed E-state index contributed by atoms with van der Waals surface area (Å²) >= 11 is 5.84. The van der Waals surface area contributed by atoms with E-state index in [4.69, 9.17) is 11.6 Å². The van der Waals surface area contributed by atoms with Gasteiger partial charge in [-0.2, -0.15) is 13.2 Å². The molecule has 1 heterocycles. The zero-order chi connectivity index (χ0) is 14.4. The molecule has 1 aliphatic rings. The average molecular weight is 293 g/mol. The fraction of sp³-hybridized carbons (Fsp3) is 0.273. The SMILES string of the molecule is CN(CC(F)(F)F)c1cc2c(cc1Cl)C(=O)C(=O)N2. The van der Waals surface area contributed by atoms with Crippen LogP contribution >= 0.6 is 11.6 Å². The third kappa shape index (κ3) is 2.65. The summed E-state index contributed by atoms with van der Waals surface area (Å²) in [6.07, 6.45) is -4.38. The van der Waals surface area contributed by atoms with Crippen LogP contribution in [-0.2, 0) is 4.79 Å². The molecule has 0 radical (unpaired) electrons. The quantitative estimate of drug-likeness (QED) is 0.852. The topological polar surface area (TPSA) is 49.4 Å². The minimum Gasteiger partial charge on any atom is -0.364 e. The summed E-state index contributed by atoms with van der Waals surface area (Å²) in [7, 11) is 1.22. The van der Waals surface area contributed by atoms with Crippen LogP contribution in [0.4, 0.5) is 24.5 Å². The molecule has 1 aliphatic heterocycles. The Bertz CT molecular complexity index is 572. The molecule has 0 aromatic heterocycles. The molecule has 0 fully saturated rings. The molecule has 0 spiro atoms. The number of halogens is 4. The number of ketones is 1. The van der Waals surface area contributed by atoms with Crippen molar-refractivity contribution in [2.24, 2.45) is 0 Å². The van der Waals surface area contributed by atoms with Gasteiger partial charge in [0.25, 0.3) is 11.7 Å². The molecule has 1 amide bonds. The minimum absolute atomic E-state index is 0.0182. The van der Waals surface area contributed by atoms with E-state index in [1.807, 2.05) is 0 Å². The standard InChI is InChI=1S/C11H8ClF3N2O2/c1-17(4-11(13,14)15)8-3-7-5(2-6(8)12)9(18)10(19)16-7/h2-3H,4H2,1H3,(H,16,18,19). The van der Waals surface area contributed by atoms with Crippen molar-refractivity contribution in [2.45, 2.75) is 6.18 Å². The first-order valence-electron chi connectivity index (χ1n) is 5.16. The molecular formula is C11H8ClF3N2O2. The first-order chi connectivity index (χ1) is 8.69. The van der Waals surface area contributed by atoms with Gasteiger partial charge in [0.2, 0.25) is 0 Å². The number of carbonyl (C=O) groups is 2. The van der Waals surface area contributed by atoms with Gasteiger partial charge in [0.05, 0.1) is 22.0 Å². The van der Waals surface area contributed by atoms with E-state index in [1.165, 1.54) is 19.2 Å². The molecule has 0 atom stereocenters. The average Bonchev–Trinajstić information content (AvgIpc) is 2.52. The lowest BCUT2D eigenvalue weighted by atomic mass is 10.1. The summed E-state index contributed by atoms with van der Waals surface area (Å²) in [5.74, 6) is -1.57. The summed E-state index contributed by atoms with van der Waals surface area (Å²) in [5.41, 5.74) is 0.329. The summed E-state index contributed by atoms with van der Waals surface area (Å²) in [6.45, 7) is -1.19. The number of anilines is 2. The van der Waals surface area contributed by atoms with Crippen LogP contribution in [0.25, 0.3) is 0 Å². The maximum absolute atomic E-state index is 12.3. The van der Waals surface area contributed by atoms with Gasteiger partial charge in [-0.3, -0.25) is 9.59 Å². The highest BCUT2D eigenvalue weighted by Crippen LogP contribution is 2.35. The van der Waals surface area contributed by atoms with Gasteiger partial charge in [-0.25, -0.2) is 0 Å². The van der Waals surface area contributed by atoms with Crippen molar-refractivity contribution in [2.75, 3.05) is 23.8 Å². The third-order valence-corrected chi connectivity index (χ3v) is 2.92. The number of carbonyl (C=O) groups excluding carboxylic acids is 2. The van der Waals surface area contributed by atoms with E-state index < -0.39 is 24.4 Å². The number of rotatable bonds is 2. The molecule has 0 aliphatic carbocycles. The van der Waals surface area contributed by atoms with Gasteiger partial charge >= 0.3 is 6.18 Å². The predicted molar refractivity (Wildman–Crippen MR) is 63.7 cm³/mol. The van der Waals surface area contributed by atoms with Crippen molar-refractivity contribution in [3.63, 3.8) is 0 Å². The lowest BCUT2D eigenvalue weighted by Gasteiger charge is -2.22. The predicted octanol–water partition coefficient (Wildman–Crippen LogP) is 2.47. The summed E-state index contributed by atoms with van der Waals surface area (Å²) in [4.78, 5) is 23.4. The number of hydrogen-bond acceptors (Lipinski definition) is 3. The van der Waals surface area contributed by atoms with E-state index in [2.05, 4.69) is 5.32 Å². The second kappa shape index (κ2) is 4.41. The van der Waals surface area contributed by atoms with Crippen molar-refractivity contribution < 1.29 is 22.8 Å². The van der Waals surface area contributed by atoms with Crippen molar-refractivity contribution in [3.05, 3.63) is 22.7 Å². The molecule has 0 saturated heterocycles. The Balaban J connectivity index is 2.37. The van der Waals surface area contributed by atoms with Crippen LogP contribution in [0.1, 0.15) is 10.4 Å². The van der Waals surface area contributed by atoms with Crippen LogP contribution in [0.3, 0.4) is 0 Å². The maximum atomic E-state index is 12.3. The summed E-state index contributed by atoms with van der Waals surface area (Å²) < 4.78 is 36.9. The van der Waals surface area contributed by atoms with E-state index >= 15 is 0 Å². The van der Waals surface area contributed by atoms with Crippen molar-refractivity contribution in [3.8, 4) is 0 Å². The van der Waals surface area contributed by atoms with Gasteiger partial charge in [-0.05, 0) is 12.1 Å². The number of fused-ring (bicyclic) bond motifs is 1. The van der Waals surface area contributed by atoms with E-state index in [0.717, 1.165) is 4.90 Å². The van der Waals surface area contributed by atoms with Crippen molar-refractivity contribution >= 4 is 34.7 Å². The second-order valence-corrected chi connectivity index (χ2v) is 4.51. The van der Waals surface area contributed by atoms with Crippen LogP contribution in [-0.4, -0.2) is 31.5 Å². The van der Waals surface area contributed by atoms with E-state index in [9.17, 15) is 22.8 Å². The Morgan fingerprint density at radius 1 is 1.32 bits per heavy atom. The number of hydrogen-bond donors (Lipinski definition) is 1. The molecule has 0 bridgehead atoms. The highest BCUT2D eigenvalue weighted by molar-refractivity contribution is 6.52. The molecule has 1 aromatic rings. The molecule has 0 saturated carbocycles. The molecule has 102 valence electrons. The van der Waals surface area contributed by atoms with Crippen molar-refractivity contribution in [1.82, 2.24) is 0 Å². The number of nitrogens with zero attached hydrogens (tertiary/aromatic N) is 1. The number of Topliss-reactive ketones (excluding diaryl/α,β-unsaturated/α-hetero) is 1. The lowest BCUT2D eigenvalue weighted by molar-refractivity contribution is -0.119. The Morgan fingerprint density at radius 2 is 1.95 bits per heavy atom. The number of alkyl halides is 3. The number of nitrogens with one attached hydrogen (secondary N) is 1. The lowest BCUT2D eigenvalue weighted by Crippen LogP contribution is -2.31. The molecule has 19 heavy (non-hydrogen) atoms. The van der Waals surface area contributed by atoms with Crippen LogP contribution in [0.5, 0.6) is 0 Å². The zero-order valence-corrected chi connectivity index (χ0v) is 10.4. The van der Waals surface area contributed by atoms with E-state index in [1.54, 1.807) is 0 Å². The first kappa shape index (κ1) is 13.7. The van der Waals surface area contributed by atoms with Crippen LogP contribution in [0.15, 0.2) is 12.1 Å². The molecule has 1 aromatic carbocycles. The smallest absolute Gasteiger partial charge is 0.364 e. The molecule has 2 rings (SSSR count). The number of amides is 1. The van der Waals surface area contributed by atoms with E-state index in [0.29, 0.717) is 0 Å². The van der Waals surface area contributed by atoms with Gasteiger partial charge in [-0.15, -0.1) is 0 Å². The third-order valence-electron chi connectivity index (χ3n) is 2.61. The van der Waals surface area contributed by atoms with Gasteiger partial charge in [0, 0.05) is 7.05 Å². The van der Waals surface area contributed by atoms with Crippen LogP contribution in [0, 0.1) is 0 Å². The normalized spacial score (nSPS) is 14.4. The molecule has 8 heteroatoms.